The lowest BCUT2D eigenvalue weighted by Crippen LogP contribution is -2.11. The number of benzene rings is 1. The van der Waals surface area contributed by atoms with Crippen LogP contribution in [0.4, 0.5) is 0 Å². The highest BCUT2D eigenvalue weighted by Gasteiger charge is 2.16. The minimum Gasteiger partial charge on any atom is -0.326 e. The molecular formula is C14H19N3. The third kappa shape index (κ3) is 2.56. The minimum atomic E-state index is 0.0858. The van der Waals surface area contributed by atoms with Gasteiger partial charge in [0.1, 0.15) is 0 Å². The zero-order valence-corrected chi connectivity index (χ0v) is 10.6. The Bertz CT molecular complexity index is 489. The molecule has 90 valence electrons. The largest absolute Gasteiger partial charge is 0.326 e. The molecule has 0 aliphatic heterocycles. The summed E-state index contributed by atoms with van der Waals surface area (Å²) in [6.07, 6.45) is 3.94. The lowest BCUT2D eigenvalue weighted by Gasteiger charge is -2.14. The van der Waals surface area contributed by atoms with Crippen LogP contribution in [0.15, 0.2) is 36.8 Å². The van der Waals surface area contributed by atoms with Gasteiger partial charge in [-0.3, -0.25) is 0 Å². The summed E-state index contributed by atoms with van der Waals surface area (Å²) in [7, 11) is 0. The first kappa shape index (κ1) is 11.9. The predicted molar refractivity (Wildman–Crippen MR) is 70.2 cm³/mol. The zero-order valence-electron chi connectivity index (χ0n) is 10.6. The first-order valence-corrected chi connectivity index (χ1v) is 5.84. The molecule has 0 bridgehead atoms. The molecule has 2 aromatic rings. The SMILES string of the molecule is CC(C)(C)c1cn(-c2ccc(CN)cc2)cn1. The number of nitrogens with zero attached hydrogens (tertiary/aromatic N) is 2. The van der Waals surface area contributed by atoms with Crippen molar-refractivity contribution in [1.82, 2.24) is 9.55 Å². The van der Waals surface area contributed by atoms with Gasteiger partial charge in [0, 0.05) is 23.8 Å². The van der Waals surface area contributed by atoms with Gasteiger partial charge in [-0.2, -0.15) is 0 Å². The van der Waals surface area contributed by atoms with Crippen molar-refractivity contribution in [2.24, 2.45) is 5.73 Å². The van der Waals surface area contributed by atoms with Crippen molar-refractivity contribution < 1.29 is 0 Å². The minimum absolute atomic E-state index is 0.0858. The molecular weight excluding hydrogens is 210 g/mol. The Labute approximate surface area is 102 Å². The fourth-order valence-corrected chi connectivity index (χ4v) is 1.66. The van der Waals surface area contributed by atoms with Crippen molar-refractivity contribution >= 4 is 0 Å². The third-order valence-corrected chi connectivity index (χ3v) is 2.82. The fraction of sp³-hybridized carbons (Fsp3) is 0.357. The molecule has 2 N–H and O–H groups in total. The van der Waals surface area contributed by atoms with Crippen LogP contribution >= 0.6 is 0 Å². The summed E-state index contributed by atoms with van der Waals surface area (Å²) in [5.74, 6) is 0. The molecule has 0 unspecified atom stereocenters. The molecule has 0 saturated carbocycles. The van der Waals surface area contributed by atoms with Crippen LogP contribution in [0.25, 0.3) is 5.69 Å². The van der Waals surface area contributed by atoms with Crippen LogP contribution in [0, 0.1) is 0 Å². The Morgan fingerprint density at radius 2 is 1.82 bits per heavy atom. The van der Waals surface area contributed by atoms with Crippen molar-refractivity contribution in [3.05, 3.63) is 48.0 Å². The van der Waals surface area contributed by atoms with Crippen LogP contribution < -0.4 is 5.73 Å². The van der Waals surface area contributed by atoms with E-state index in [0.29, 0.717) is 6.54 Å². The molecule has 0 aliphatic carbocycles. The number of aromatic nitrogens is 2. The summed E-state index contributed by atoms with van der Waals surface area (Å²) in [5.41, 5.74) is 9.02. The normalized spacial score (nSPS) is 11.8. The molecule has 0 saturated heterocycles. The Morgan fingerprint density at radius 3 is 2.29 bits per heavy atom. The van der Waals surface area contributed by atoms with Crippen molar-refractivity contribution in [2.45, 2.75) is 32.7 Å². The number of rotatable bonds is 2. The Morgan fingerprint density at radius 1 is 1.18 bits per heavy atom. The average Bonchev–Trinajstić information content (AvgIpc) is 2.78. The van der Waals surface area contributed by atoms with Gasteiger partial charge in [0.25, 0.3) is 0 Å². The Balaban J connectivity index is 2.30. The number of hydrogen-bond donors (Lipinski definition) is 1. The molecule has 17 heavy (non-hydrogen) atoms. The van der Waals surface area contributed by atoms with E-state index in [1.807, 2.05) is 23.0 Å². The van der Waals surface area contributed by atoms with Crippen LogP contribution in [0.3, 0.4) is 0 Å². The van der Waals surface area contributed by atoms with E-state index in [1.54, 1.807) is 0 Å². The molecule has 1 aromatic carbocycles. The Kier molecular flexibility index (Phi) is 3.03. The van der Waals surface area contributed by atoms with Crippen molar-refractivity contribution in [1.29, 1.82) is 0 Å². The standard InChI is InChI=1S/C14H19N3/c1-14(2,3)13-9-17(10-16-13)12-6-4-11(8-15)5-7-12/h4-7,9-10H,8,15H2,1-3H3. The first-order chi connectivity index (χ1) is 8.00. The Hall–Kier alpha value is -1.61. The molecule has 0 radical (unpaired) electrons. The maximum Gasteiger partial charge on any atom is 0.0995 e. The molecule has 0 spiro atoms. The van der Waals surface area contributed by atoms with Gasteiger partial charge < -0.3 is 10.3 Å². The summed E-state index contributed by atoms with van der Waals surface area (Å²) in [5, 5.41) is 0. The van der Waals surface area contributed by atoms with Gasteiger partial charge >= 0.3 is 0 Å². The lowest BCUT2D eigenvalue weighted by molar-refractivity contribution is 0.572. The van der Waals surface area contributed by atoms with E-state index in [0.717, 1.165) is 16.9 Å². The van der Waals surface area contributed by atoms with Crippen LogP contribution in [0.5, 0.6) is 0 Å². The smallest absolute Gasteiger partial charge is 0.0995 e. The van der Waals surface area contributed by atoms with E-state index < -0.39 is 0 Å². The van der Waals surface area contributed by atoms with E-state index in [-0.39, 0.29) is 5.41 Å². The monoisotopic (exact) mass is 229 g/mol. The van der Waals surface area contributed by atoms with Gasteiger partial charge in [-0.05, 0) is 17.7 Å². The molecule has 2 rings (SSSR count). The van der Waals surface area contributed by atoms with Crippen molar-refractivity contribution in [2.75, 3.05) is 0 Å². The van der Waals surface area contributed by atoms with Crippen LogP contribution in [-0.4, -0.2) is 9.55 Å². The molecule has 1 heterocycles. The van der Waals surface area contributed by atoms with Crippen LogP contribution in [0.2, 0.25) is 0 Å². The maximum atomic E-state index is 5.58. The topological polar surface area (TPSA) is 43.8 Å². The quantitative estimate of drug-likeness (QED) is 0.860. The molecule has 3 nitrogen and oxygen atoms in total. The average molecular weight is 229 g/mol. The summed E-state index contributed by atoms with van der Waals surface area (Å²) in [4.78, 5) is 4.44. The van der Waals surface area contributed by atoms with Gasteiger partial charge in [-0.1, -0.05) is 32.9 Å². The van der Waals surface area contributed by atoms with Gasteiger partial charge in [-0.25, -0.2) is 4.98 Å². The summed E-state index contributed by atoms with van der Waals surface area (Å²) in [6.45, 7) is 7.07. The van der Waals surface area contributed by atoms with Crippen LogP contribution in [-0.2, 0) is 12.0 Å². The number of nitrogens with two attached hydrogens (primary N) is 1. The van der Waals surface area contributed by atoms with E-state index in [2.05, 4.69) is 44.1 Å². The number of imidazole rings is 1. The van der Waals surface area contributed by atoms with E-state index in [1.165, 1.54) is 0 Å². The van der Waals surface area contributed by atoms with Gasteiger partial charge in [0.15, 0.2) is 0 Å². The van der Waals surface area contributed by atoms with Crippen LogP contribution in [0.1, 0.15) is 32.0 Å². The van der Waals surface area contributed by atoms with Gasteiger partial charge in [0.05, 0.1) is 12.0 Å². The summed E-state index contributed by atoms with van der Waals surface area (Å²) >= 11 is 0. The summed E-state index contributed by atoms with van der Waals surface area (Å²) in [6, 6.07) is 8.23. The molecule has 0 amide bonds. The fourth-order valence-electron chi connectivity index (χ4n) is 1.66. The highest BCUT2D eigenvalue weighted by Crippen LogP contribution is 2.21. The van der Waals surface area contributed by atoms with E-state index >= 15 is 0 Å². The van der Waals surface area contributed by atoms with Gasteiger partial charge in [0.2, 0.25) is 0 Å². The van der Waals surface area contributed by atoms with E-state index in [9.17, 15) is 0 Å². The zero-order chi connectivity index (χ0) is 12.5. The second-order valence-corrected chi connectivity index (χ2v) is 5.29. The third-order valence-electron chi connectivity index (χ3n) is 2.82. The lowest BCUT2D eigenvalue weighted by atomic mass is 9.93. The highest BCUT2D eigenvalue weighted by molar-refractivity contribution is 5.35. The second kappa shape index (κ2) is 4.34. The highest BCUT2D eigenvalue weighted by atomic mass is 15.0. The number of hydrogen-bond acceptors (Lipinski definition) is 2. The van der Waals surface area contributed by atoms with Crippen molar-refractivity contribution in [3.8, 4) is 5.69 Å². The molecule has 0 fully saturated rings. The second-order valence-electron chi connectivity index (χ2n) is 5.29. The molecule has 1 aromatic heterocycles. The maximum absolute atomic E-state index is 5.58. The van der Waals surface area contributed by atoms with Crippen molar-refractivity contribution in [3.63, 3.8) is 0 Å². The van der Waals surface area contributed by atoms with Gasteiger partial charge in [-0.15, -0.1) is 0 Å². The first-order valence-electron chi connectivity index (χ1n) is 5.84. The van der Waals surface area contributed by atoms with E-state index in [4.69, 9.17) is 5.73 Å². The summed E-state index contributed by atoms with van der Waals surface area (Å²) < 4.78 is 2.04. The molecule has 3 heteroatoms. The molecule has 0 aliphatic rings. The predicted octanol–water partition coefficient (Wildman–Crippen LogP) is 2.63. The molecule has 0 atom stereocenters.